The Balaban J connectivity index is 1.70. The van der Waals surface area contributed by atoms with E-state index in [1.807, 2.05) is 36.2 Å². The van der Waals surface area contributed by atoms with Gasteiger partial charge >= 0.3 is 0 Å². The highest BCUT2D eigenvalue weighted by Gasteiger charge is 2.24. The van der Waals surface area contributed by atoms with E-state index in [0.717, 1.165) is 31.7 Å². The first-order valence-corrected chi connectivity index (χ1v) is 8.33. The molecule has 6 heteroatoms. The molecule has 0 spiro atoms. The van der Waals surface area contributed by atoms with Crippen LogP contribution in [-0.2, 0) is 0 Å². The van der Waals surface area contributed by atoms with E-state index in [0.29, 0.717) is 17.3 Å². The maximum atomic E-state index is 12.8. The average Bonchev–Trinajstić information content (AvgIpc) is 2.63. The maximum absolute atomic E-state index is 12.8. The summed E-state index contributed by atoms with van der Waals surface area (Å²) in [5, 5.41) is 6.39. The summed E-state index contributed by atoms with van der Waals surface area (Å²) in [7, 11) is 1.96. The second kappa shape index (κ2) is 7.88. The second-order valence-corrected chi connectivity index (χ2v) is 6.11. The van der Waals surface area contributed by atoms with Gasteiger partial charge in [0.15, 0.2) is 0 Å². The Morgan fingerprint density at radius 2 is 2.29 bits per heavy atom. The lowest BCUT2D eigenvalue weighted by molar-refractivity contribution is 0.0674. The van der Waals surface area contributed by atoms with E-state index in [9.17, 15) is 4.79 Å². The van der Waals surface area contributed by atoms with E-state index in [1.165, 1.54) is 6.42 Å². The van der Waals surface area contributed by atoms with Crippen molar-refractivity contribution >= 4 is 17.4 Å². The lowest BCUT2D eigenvalue weighted by atomic mass is 9.97. The minimum atomic E-state index is 0.0959. The van der Waals surface area contributed by atoms with Crippen LogP contribution in [-0.4, -0.2) is 47.5 Å². The van der Waals surface area contributed by atoms with Crippen LogP contribution in [0.15, 0.2) is 42.9 Å². The minimum Gasteiger partial charge on any atom is -0.339 e. The Labute approximate surface area is 142 Å². The molecular weight excluding hydrogens is 302 g/mol. The third-order valence-corrected chi connectivity index (χ3v) is 4.24. The van der Waals surface area contributed by atoms with Gasteiger partial charge in [0.1, 0.15) is 5.82 Å². The lowest BCUT2D eigenvalue weighted by Crippen LogP contribution is -2.42. The Morgan fingerprint density at radius 1 is 1.38 bits per heavy atom. The van der Waals surface area contributed by atoms with Gasteiger partial charge in [-0.2, -0.15) is 0 Å². The van der Waals surface area contributed by atoms with Gasteiger partial charge in [-0.25, -0.2) is 4.98 Å². The molecule has 1 aromatic heterocycles. The van der Waals surface area contributed by atoms with Gasteiger partial charge in [-0.3, -0.25) is 9.78 Å². The summed E-state index contributed by atoms with van der Waals surface area (Å²) in [5.74, 6) is 1.29. The van der Waals surface area contributed by atoms with Crippen LogP contribution in [0.5, 0.6) is 0 Å². The fourth-order valence-electron chi connectivity index (χ4n) is 3.13. The Hall–Kier alpha value is -2.47. The smallest absolute Gasteiger partial charge is 0.253 e. The van der Waals surface area contributed by atoms with Crippen molar-refractivity contribution in [3.05, 3.63) is 48.4 Å². The summed E-state index contributed by atoms with van der Waals surface area (Å²) < 4.78 is 0. The molecule has 1 fully saturated rings. The Kier molecular flexibility index (Phi) is 5.38. The predicted octanol–water partition coefficient (Wildman–Crippen LogP) is 2.29. The number of benzene rings is 1. The molecule has 24 heavy (non-hydrogen) atoms. The molecule has 1 amide bonds. The molecule has 1 aliphatic rings. The van der Waals surface area contributed by atoms with E-state index >= 15 is 0 Å². The number of nitrogens with zero attached hydrogens (tertiary/aromatic N) is 3. The number of likely N-dealkylation sites (tertiary alicyclic amines) is 1. The summed E-state index contributed by atoms with van der Waals surface area (Å²) in [4.78, 5) is 23.0. The first-order chi connectivity index (χ1) is 11.8. The van der Waals surface area contributed by atoms with Crippen molar-refractivity contribution in [1.29, 1.82) is 0 Å². The van der Waals surface area contributed by atoms with Crippen LogP contribution in [0, 0.1) is 5.92 Å². The van der Waals surface area contributed by atoms with Gasteiger partial charge in [0, 0.05) is 36.7 Å². The zero-order chi connectivity index (χ0) is 16.8. The number of hydrogen-bond donors (Lipinski definition) is 2. The van der Waals surface area contributed by atoms with Crippen molar-refractivity contribution < 1.29 is 4.79 Å². The third-order valence-electron chi connectivity index (χ3n) is 4.24. The monoisotopic (exact) mass is 325 g/mol. The molecule has 126 valence electrons. The zero-order valence-electron chi connectivity index (χ0n) is 13.9. The molecule has 0 aliphatic carbocycles. The van der Waals surface area contributed by atoms with Crippen LogP contribution in [0.3, 0.4) is 0 Å². The largest absolute Gasteiger partial charge is 0.339 e. The minimum absolute atomic E-state index is 0.0959. The molecule has 1 atom stereocenters. The predicted molar refractivity (Wildman–Crippen MR) is 94.3 cm³/mol. The van der Waals surface area contributed by atoms with Gasteiger partial charge in [0.05, 0.1) is 6.20 Å². The van der Waals surface area contributed by atoms with Crippen molar-refractivity contribution in [3.63, 3.8) is 0 Å². The lowest BCUT2D eigenvalue weighted by Gasteiger charge is -2.32. The molecule has 1 saturated heterocycles. The van der Waals surface area contributed by atoms with Gasteiger partial charge in [0.2, 0.25) is 0 Å². The highest BCUT2D eigenvalue weighted by molar-refractivity contribution is 5.95. The quantitative estimate of drug-likeness (QED) is 0.883. The number of carbonyl (C=O) groups is 1. The summed E-state index contributed by atoms with van der Waals surface area (Å²) in [6.07, 6.45) is 7.16. The van der Waals surface area contributed by atoms with Crippen molar-refractivity contribution in [2.75, 3.05) is 32.0 Å². The molecule has 1 aromatic carbocycles. The van der Waals surface area contributed by atoms with Crippen LogP contribution < -0.4 is 10.6 Å². The molecule has 0 radical (unpaired) electrons. The van der Waals surface area contributed by atoms with Crippen LogP contribution in [0.25, 0.3) is 0 Å². The molecule has 3 rings (SSSR count). The van der Waals surface area contributed by atoms with E-state index < -0.39 is 0 Å². The maximum Gasteiger partial charge on any atom is 0.253 e. The van der Waals surface area contributed by atoms with E-state index in [1.54, 1.807) is 18.6 Å². The Morgan fingerprint density at radius 3 is 3.08 bits per heavy atom. The second-order valence-electron chi connectivity index (χ2n) is 6.11. The number of aromatic nitrogens is 2. The molecule has 0 unspecified atom stereocenters. The number of rotatable bonds is 5. The number of piperidine rings is 1. The average molecular weight is 325 g/mol. The Bertz CT molecular complexity index is 674. The molecule has 6 nitrogen and oxygen atoms in total. The van der Waals surface area contributed by atoms with Crippen molar-refractivity contribution in [1.82, 2.24) is 20.2 Å². The first-order valence-electron chi connectivity index (χ1n) is 8.33. The van der Waals surface area contributed by atoms with E-state index in [4.69, 9.17) is 0 Å². The number of anilines is 2. The number of amides is 1. The fraction of sp³-hybridized carbons (Fsp3) is 0.389. The molecule has 2 N–H and O–H groups in total. The molecular formula is C18H23N5O. The van der Waals surface area contributed by atoms with E-state index in [-0.39, 0.29) is 5.91 Å². The topological polar surface area (TPSA) is 70.2 Å². The molecule has 0 saturated carbocycles. The van der Waals surface area contributed by atoms with Crippen LogP contribution in [0.2, 0.25) is 0 Å². The highest BCUT2D eigenvalue weighted by atomic mass is 16.2. The number of nitrogens with one attached hydrogen (secondary N) is 2. The van der Waals surface area contributed by atoms with E-state index in [2.05, 4.69) is 20.6 Å². The van der Waals surface area contributed by atoms with Crippen molar-refractivity contribution in [3.8, 4) is 0 Å². The van der Waals surface area contributed by atoms with Gasteiger partial charge < -0.3 is 15.5 Å². The van der Waals surface area contributed by atoms with Crippen molar-refractivity contribution in [2.45, 2.75) is 12.8 Å². The fourth-order valence-corrected chi connectivity index (χ4v) is 3.13. The standard InChI is InChI=1S/C18H23N5O/c1-19-11-14-4-3-9-23(13-14)18(24)15-5-2-6-16(10-15)22-17-12-20-7-8-21-17/h2,5-8,10,12,14,19H,3-4,9,11,13H2,1H3,(H,21,22)/t14-/m1/s1. The van der Waals surface area contributed by atoms with Crippen LogP contribution in [0.1, 0.15) is 23.2 Å². The molecule has 1 aliphatic heterocycles. The third kappa shape index (κ3) is 4.08. The zero-order valence-corrected chi connectivity index (χ0v) is 13.9. The van der Waals surface area contributed by atoms with Gasteiger partial charge in [-0.15, -0.1) is 0 Å². The molecule has 2 heterocycles. The van der Waals surface area contributed by atoms with Gasteiger partial charge in [0.25, 0.3) is 5.91 Å². The van der Waals surface area contributed by atoms with Crippen LogP contribution in [0.4, 0.5) is 11.5 Å². The molecule has 0 bridgehead atoms. The summed E-state index contributed by atoms with van der Waals surface area (Å²) in [5.41, 5.74) is 1.54. The van der Waals surface area contributed by atoms with Crippen molar-refractivity contribution in [2.24, 2.45) is 5.92 Å². The summed E-state index contributed by atoms with van der Waals surface area (Å²) in [6, 6.07) is 7.55. The number of hydrogen-bond acceptors (Lipinski definition) is 5. The summed E-state index contributed by atoms with van der Waals surface area (Å²) >= 11 is 0. The van der Waals surface area contributed by atoms with Crippen LogP contribution >= 0.6 is 0 Å². The highest BCUT2D eigenvalue weighted by Crippen LogP contribution is 2.20. The summed E-state index contributed by atoms with van der Waals surface area (Å²) in [6.45, 7) is 2.61. The normalized spacial score (nSPS) is 17.5. The van der Waals surface area contributed by atoms with Gasteiger partial charge in [-0.05, 0) is 50.6 Å². The number of carbonyl (C=O) groups excluding carboxylic acids is 1. The molecule has 2 aromatic rings. The first kappa shape index (κ1) is 16.4. The van der Waals surface area contributed by atoms with Gasteiger partial charge in [-0.1, -0.05) is 6.07 Å². The SMILES string of the molecule is CNC[C@H]1CCCN(C(=O)c2cccc(Nc3cnccn3)c2)C1.